The molecule has 0 bridgehead atoms. The molecule has 3 nitrogen and oxygen atoms in total. The van der Waals surface area contributed by atoms with E-state index in [1.807, 2.05) is 0 Å². The largest absolute Gasteiger partial charge is 0.611 e. The highest BCUT2D eigenvalue weighted by atomic mass is 79.9. The highest BCUT2D eigenvalue weighted by Gasteiger charge is 2.30. The second-order valence-electron chi connectivity index (χ2n) is 4.81. The third-order valence-corrected chi connectivity index (χ3v) is 5.11. The minimum atomic E-state index is -4.41. The first-order chi connectivity index (χ1) is 11.3. The molecule has 1 heterocycles. The van der Waals surface area contributed by atoms with Crippen LogP contribution in [0, 0.1) is 0 Å². The van der Waals surface area contributed by atoms with Gasteiger partial charge in [-0.2, -0.15) is 13.2 Å². The summed E-state index contributed by atoms with van der Waals surface area (Å²) in [6, 6.07) is 7.60. The molecule has 24 heavy (non-hydrogen) atoms. The first kappa shape index (κ1) is 19.0. The van der Waals surface area contributed by atoms with E-state index in [4.69, 9.17) is 0 Å². The highest BCUT2D eigenvalue weighted by molar-refractivity contribution is 9.09. The Morgan fingerprint density at radius 3 is 2.33 bits per heavy atom. The Bertz CT molecular complexity index is 735. The molecule has 0 fully saturated rings. The molecule has 0 aliphatic heterocycles. The van der Waals surface area contributed by atoms with Crippen LogP contribution in [0.3, 0.4) is 0 Å². The minimum Gasteiger partial charge on any atom is -0.611 e. The summed E-state index contributed by atoms with van der Waals surface area (Å²) < 4.78 is 49.9. The maximum atomic E-state index is 12.6. The van der Waals surface area contributed by atoms with Gasteiger partial charge in [-0.05, 0) is 42.4 Å². The molecule has 0 saturated carbocycles. The minimum absolute atomic E-state index is 0.0182. The Kier molecular flexibility index (Phi) is 6.06. The van der Waals surface area contributed by atoms with Gasteiger partial charge in [-0.25, -0.2) is 4.98 Å². The number of pyridine rings is 1. The quantitative estimate of drug-likeness (QED) is 0.408. The van der Waals surface area contributed by atoms with Crippen molar-refractivity contribution in [2.45, 2.75) is 18.0 Å². The molecule has 0 N–H and O–H groups in total. The van der Waals surface area contributed by atoms with Crippen molar-refractivity contribution in [1.82, 2.24) is 4.98 Å². The number of nitrogens with zero attached hydrogens (tertiary/aromatic N) is 1. The van der Waals surface area contributed by atoms with E-state index in [-0.39, 0.29) is 16.8 Å². The number of carbonyl (C=O) groups is 1. The Labute approximate surface area is 148 Å². The number of ketones is 1. The van der Waals surface area contributed by atoms with Crippen LogP contribution in [0.1, 0.15) is 23.0 Å². The molecule has 0 saturated heterocycles. The van der Waals surface area contributed by atoms with Gasteiger partial charge < -0.3 is 4.55 Å². The topological polar surface area (TPSA) is 53.0 Å². The zero-order chi connectivity index (χ0) is 17.9. The maximum Gasteiger partial charge on any atom is 0.416 e. The number of halogens is 4. The summed E-state index contributed by atoms with van der Waals surface area (Å²) in [4.78, 5) is 16.6. The maximum absolute atomic E-state index is 12.6. The number of hydrogen-bond donors (Lipinski definition) is 0. The van der Waals surface area contributed by atoms with E-state index in [0.717, 1.165) is 12.1 Å². The van der Waals surface area contributed by atoms with Crippen LogP contribution in [0.15, 0.2) is 41.3 Å². The van der Waals surface area contributed by atoms with Crippen molar-refractivity contribution >= 4 is 32.9 Å². The van der Waals surface area contributed by atoms with Gasteiger partial charge in [0, 0.05) is 5.56 Å². The Morgan fingerprint density at radius 1 is 1.21 bits per heavy atom. The number of alkyl halides is 4. The first-order valence-corrected chi connectivity index (χ1v) is 9.38. The average molecular weight is 420 g/mol. The smallest absolute Gasteiger partial charge is 0.416 e. The summed E-state index contributed by atoms with van der Waals surface area (Å²) in [5.74, 6) is 0.00436. The lowest BCUT2D eigenvalue weighted by Gasteiger charge is -2.12. The van der Waals surface area contributed by atoms with E-state index < -0.39 is 22.9 Å². The number of hydrogen-bond acceptors (Lipinski definition) is 3. The lowest BCUT2D eigenvalue weighted by atomic mass is 10.1. The fourth-order valence-corrected chi connectivity index (χ4v) is 3.21. The molecule has 0 spiro atoms. The lowest BCUT2D eigenvalue weighted by molar-refractivity contribution is -0.137. The third-order valence-electron chi connectivity index (χ3n) is 3.26. The van der Waals surface area contributed by atoms with Gasteiger partial charge in [0.25, 0.3) is 0 Å². The predicted molar refractivity (Wildman–Crippen MR) is 89.7 cm³/mol. The zero-order valence-corrected chi connectivity index (χ0v) is 15.0. The van der Waals surface area contributed by atoms with Crippen LogP contribution in [-0.4, -0.2) is 26.4 Å². The summed E-state index contributed by atoms with van der Waals surface area (Å²) in [5.41, 5.74) is 0.113. The monoisotopic (exact) mass is 419 g/mol. The van der Waals surface area contributed by atoms with Crippen molar-refractivity contribution in [3.8, 4) is 11.3 Å². The summed E-state index contributed by atoms with van der Waals surface area (Å²) in [6.45, 7) is 1.72. The Balaban J connectivity index is 2.46. The van der Waals surface area contributed by atoms with Gasteiger partial charge in [0.15, 0.2) is 16.4 Å². The number of benzene rings is 1. The molecular formula is C16H13BrF3NO2S. The fourth-order valence-electron chi connectivity index (χ4n) is 2.04. The van der Waals surface area contributed by atoms with Crippen molar-refractivity contribution in [3.05, 3.63) is 47.7 Å². The molecule has 1 aromatic heterocycles. The number of rotatable bonds is 5. The normalized spacial score (nSPS) is 12.9. The molecule has 128 valence electrons. The van der Waals surface area contributed by atoms with Gasteiger partial charge >= 0.3 is 6.18 Å². The molecule has 2 rings (SSSR count). The predicted octanol–water partition coefficient (Wildman–Crippen LogP) is 4.47. The number of Topliss-reactive ketones (excluding diaryl/α,β-unsaturated/α-hetero) is 1. The molecule has 0 amide bonds. The SMILES string of the molecule is CC[S+]([O-])c1ccc(-c2ccc(C(F)(F)F)cc2)nc1C(=O)CBr. The molecule has 8 heteroatoms. The molecule has 0 aliphatic carbocycles. The van der Waals surface area contributed by atoms with Gasteiger partial charge in [0.2, 0.25) is 0 Å². The van der Waals surface area contributed by atoms with Crippen molar-refractivity contribution < 1.29 is 22.5 Å². The van der Waals surface area contributed by atoms with Gasteiger partial charge in [-0.15, -0.1) is 0 Å². The third kappa shape index (κ3) is 4.17. The van der Waals surface area contributed by atoms with E-state index >= 15 is 0 Å². The summed E-state index contributed by atoms with van der Waals surface area (Å²) in [5, 5.41) is 0.0182. The van der Waals surface area contributed by atoms with Crippen molar-refractivity contribution in [2.75, 3.05) is 11.1 Å². The second kappa shape index (κ2) is 7.67. The number of carbonyl (C=O) groups excluding carboxylic acids is 1. The van der Waals surface area contributed by atoms with Crippen LogP contribution in [0.4, 0.5) is 13.2 Å². The summed E-state index contributed by atoms with van der Waals surface area (Å²) in [6.07, 6.45) is -4.41. The standard InChI is InChI=1S/C16H13BrF3NO2S/c1-2-24(23)14-8-7-12(21-15(14)13(22)9-17)10-3-5-11(6-4-10)16(18,19)20/h3-8H,2,9H2,1H3. The highest BCUT2D eigenvalue weighted by Crippen LogP contribution is 2.31. The molecule has 0 radical (unpaired) electrons. The summed E-state index contributed by atoms with van der Waals surface area (Å²) in [7, 11) is 0. The Hall–Kier alpha value is -1.38. The van der Waals surface area contributed by atoms with Gasteiger partial charge in [0.05, 0.1) is 16.6 Å². The molecule has 1 atom stereocenters. The molecule has 0 aliphatic rings. The van der Waals surface area contributed by atoms with Gasteiger partial charge in [0.1, 0.15) is 5.75 Å². The van der Waals surface area contributed by atoms with Crippen LogP contribution in [0.5, 0.6) is 0 Å². The van der Waals surface area contributed by atoms with Gasteiger partial charge in [-0.1, -0.05) is 28.1 Å². The van der Waals surface area contributed by atoms with Crippen LogP contribution in [-0.2, 0) is 17.4 Å². The lowest BCUT2D eigenvalue weighted by Crippen LogP contribution is -2.14. The van der Waals surface area contributed by atoms with Crippen molar-refractivity contribution in [3.63, 3.8) is 0 Å². The zero-order valence-electron chi connectivity index (χ0n) is 12.6. The fraction of sp³-hybridized carbons (Fsp3) is 0.250. The number of aromatic nitrogens is 1. The van der Waals surface area contributed by atoms with E-state index in [1.165, 1.54) is 18.2 Å². The molecule has 1 aromatic carbocycles. The summed E-state index contributed by atoms with van der Waals surface area (Å²) >= 11 is 1.70. The molecular weight excluding hydrogens is 407 g/mol. The van der Waals surface area contributed by atoms with Crippen LogP contribution in [0.2, 0.25) is 0 Å². The first-order valence-electron chi connectivity index (χ1n) is 6.94. The van der Waals surface area contributed by atoms with Crippen molar-refractivity contribution in [1.29, 1.82) is 0 Å². The van der Waals surface area contributed by atoms with Crippen molar-refractivity contribution in [2.24, 2.45) is 0 Å². The van der Waals surface area contributed by atoms with E-state index in [2.05, 4.69) is 20.9 Å². The van der Waals surface area contributed by atoms with Gasteiger partial charge in [-0.3, -0.25) is 4.79 Å². The Morgan fingerprint density at radius 2 is 1.83 bits per heavy atom. The van der Waals surface area contributed by atoms with E-state index in [9.17, 15) is 22.5 Å². The van der Waals surface area contributed by atoms with E-state index in [1.54, 1.807) is 13.0 Å². The van der Waals surface area contributed by atoms with Crippen LogP contribution in [0.25, 0.3) is 11.3 Å². The second-order valence-corrected chi connectivity index (χ2v) is 7.08. The van der Waals surface area contributed by atoms with Crippen LogP contribution >= 0.6 is 15.9 Å². The van der Waals surface area contributed by atoms with E-state index in [0.29, 0.717) is 21.9 Å². The average Bonchev–Trinajstić information content (AvgIpc) is 2.59. The molecule has 1 unspecified atom stereocenters. The van der Waals surface area contributed by atoms with Crippen LogP contribution < -0.4 is 0 Å². The molecule has 2 aromatic rings.